The van der Waals surface area contributed by atoms with Gasteiger partial charge in [0, 0.05) is 7.05 Å². The third-order valence-electron chi connectivity index (χ3n) is 2.57. The molecule has 0 spiro atoms. The Kier molecular flexibility index (Phi) is 4.64. The van der Waals surface area contributed by atoms with Gasteiger partial charge in [-0.3, -0.25) is 4.79 Å². The molecule has 0 aromatic heterocycles. The van der Waals surface area contributed by atoms with Crippen molar-refractivity contribution in [2.75, 3.05) is 20.7 Å². The standard InChI is InChI=1S/C12H14N2O4S/c1-9-6-10(7-13)4-5-11(9)19(16,17)14(2)8-12(15)18-3/h4-6H,8H2,1-3H3. The van der Waals surface area contributed by atoms with Crippen LogP contribution in [-0.2, 0) is 19.6 Å². The van der Waals surface area contributed by atoms with E-state index in [9.17, 15) is 13.2 Å². The Morgan fingerprint density at radius 2 is 2.11 bits per heavy atom. The van der Waals surface area contributed by atoms with Crippen LogP contribution in [0.1, 0.15) is 11.1 Å². The molecule has 0 aliphatic rings. The van der Waals surface area contributed by atoms with Gasteiger partial charge in [-0.15, -0.1) is 0 Å². The van der Waals surface area contributed by atoms with Gasteiger partial charge < -0.3 is 4.74 Å². The molecule has 0 saturated heterocycles. The third-order valence-corrected chi connectivity index (χ3v) is 4.54. The van der Waals surface area contributed by atoms with E-state index in [1.54, 1.807) is 6.92 Å². The predicted molar refractivity (Wildman–Crippen MR) is 67.7 cm³/mol. The molecule has 0 heterocycles. The van der Waals surface area contributed by atoms with Gasteiger partial charge in [-0.05, 0) is 30.7 Å². The Morgan fingerprint density at radius 1 is 1.47 bits per heavy atom. The summed E-state index contributed by atoms with van der Waals surface area (Å²) in [7, 11) is -1.29. The lowest BCUT2D eigenvalue weighted by atomic mass is 10.2. The highest BCUT2D eigenvalue weighted by molar-refractivity contribution is 7.89. The Hall–Kier alpha value is -1.91. The monoisotopic (exact) mass is 282 g/mol. The Labute approximate surface area is 112 Å². The molecule has 1 aromatic carbocycles. The van der Waals surface area contributed by atoms with Crippen LogP contribution in [0.25, 0.3) is 0 Å². The van der Waals surface area contributed by atoms with Crippen LogP contribution in [0, 0.1) is 18.3 Å². The van der Waals surface area contributed by atoms with Crippen LogP contribution in [0.2, 0.25) is 0 Å². The fraction of sp³-hybridized carbons (Fsp3) is 0.333. The molecule has 0 atom stereocenters. The summed E-state index contributed by atoms with van der Waals surface area (Å²) in [5.41, 5.74) is 0.836. The van der Waals surface area contributed by atoms with Crippen molar-refractivity contribution in [2.24, 2.45) is 0 Å². The molecule has 0 bridgehead atoms. The van der Waals surface area contributed by atoms with Crippen molar-refractivity contribution < 1.29 is 17.9 Å². The maximum atomic E-state index is 12.2. The summed E-state index contributed by atoms with van der Waals surface area (Å²) in [6.07, 6.45) is 0. The molecule has 0 aliphatic heterocycles. The van der Waals surface area contributed by atoms with Gasteiger partial charge in [-0.2, -0.15) is 9.57 Å². The van der Waals surface area contributed by atoms with Crippen LogP contribution >= 0.6 is 0 Å². The normalized spacial score (nSPS) is 11.1. The van der Waals surface area contributed by atoms with Crippen molar-refractivity contribution in [3.05, 3.63) is 29.3 Å². The van der Waals surface area contributed by atoms with E-state index in [0.717, 1.165) is 4.31 Å². The number of hydrogen-bond donors (Lipinski definition) is 0. The summed E-state index contributed by atoms with van der Waals surface area (Å²) >= 11 is 0. The van der Waals surface area contributed by atoms with Crippen LogP contribution in [0.5, 0.6) is 0 Å². The average molecular weight is 282 g/mol. The average Bonchev–Trinajstić information content (AvgIpc) is 2.37. The largest absolute Gasteiger partial charge is 0.468 e. The lowest BCUT2D eigenvalue weighted by Crippen LogP contribution is -2.33. The summed E-state index contributed by atoms with van der Waals surface area (Å²) < 4.78 is 29.8. The number of esters is 1. The van der Waals surface area contributed by atoms with Gasteiger partial charge in [0.05, 0.1) is 23.6 Å². The van der Waals surface area contributed by atoms with Crippen molar-refractivity contribution in [3.8, 4) is 6.07 Å². The highest BCUT2D eigenvalue weighted by atomic mass is 32.2. The number of rotatable bonds is 4. The van der Waals surface area contributed by atoms with Gasteiger partial charge >= 0.3 is 5.97 Å². The van der Waals surface area contributed by atoms with Crippen LogP contribution in [-0.4, -0.2) is 39.4 Å². The number of carbonyl (C=O) groups is 1. The van der Waals surface area contributed by atoms with E-state index in [1.165, 1.54) is 32.4 Å². The second-order valence-electron chi connectivity index (χ2n) is 3.93. The summed E-state index contributed by atoms with van der Waals surface area (Å²) in [5, 5.41) is 8.74. The number of sulfonamides is 1. The topological polar surface area (TPSA) is 87.5 Å². The van der Waals surface area contributed by atoms with Gasteiger partial charge in [0.25, 0.3) is 0 Å². The Morgan fingerprint density at radius 3 is 2.58 bits per heavy atom. The fourth-order valence-corrected chi connectivity index (χ4v) is 2.82. The molecule has 1 aromatic rings. The van der Waals surface area contributed by atoms with Crippen LogP contribution in [0.3, 0.4) is 0 Å². The molecule has 0 fully saturated rings. The second-order valence-corrected chi connectivity index (χ2v) is 5.94. The van der Waals surface area contributed by atoms with Gasteiger partial charge in [0.1, 0.15) is 6.54 Å². The first-order chi connectivity index (χ1) is 8.82. The Balaban J connectivity index is 3.14. The van der Waals surface area contributed by atoms with E-state index in [0.29, 0.717) is 11.1 Å². The predicted octanol–water partition coefficient (Wildman–Crippen LogP) is 0.660. The number of nitriles is 1. The van der Waals surface area contributed by atoms with Gasteiger partial charge in [0.15, 0.2) is 0 Å². The van der Waals surface area contributed by atoms with E-state index in [1.807, 2.05) is 6.07 Å². The number of nitrogens with zero attached hydrogens (tertiary/aromatic N) is 2. The molecular formula is C12H14N2O4S. The number of hydrogen-bond acceptors (Lipinski definition) is 5. The molecule has 6 nitrogen and oxygen atoms in total. The highest BCUT2D eigenvalue weighted by Crippen LogP contribution is 2.19. The lowest BCUT2D eigenvalue weighted by Gasteiger charge is -2.17. The highest BCUT2D eigenvalue weighted by Gasteiger charge is 2.24. The molecule has 0 unspecified atom stereocenters. The zero-order valence-corrected chi connectivity index (χ0v) is 11.7. The first-order valence-corrected chi connectivity index (χ1v) is 6.81. The van der Waals surface area contributed by atoms with E-state index >= 15 is 0 Å². The van der Waals surface area contributed by atoms with Crippen molar-refractivity contribution in [1.82, 2.24) is 4.31 Å². The fourth-order valence-electron chi connectivity index (χ4n) is 1.51. The van der Waals surface area contributed by atoms with Crippen molar-refractivity contribution in [3.63, 3.8) is 0 Å². The van der Waals surface area contributed by atoms with Crippen molar-refractivity contribution in [2.45, 2.75) is 11.8 Å². The third kappa shape index (κ3) is 3.30. The van der Waals surface area contributed by atoms with Crippen molar-refractivity contribution in [1.29, 1.82) is 5.26 Å². The van der Waals surface area contributed by atoms with Crippen LogP contribution in [0.15, 0.2) is 23.1 Å². The molecule has 19 heavy (non-hydrogen) atoms. The first-order valence-electron chi connectivity index (χ1n) is 5.37. The van der Waals surface area contributed by atoms with Crippen molar-refractivity contribution >= 4 is 16.0 Å². The van der Waals surface area contributed by atoms with Crippen LogP contribution in [0.4, 0.5) is 0 Å². The second kappa shape index (κ2) is 5.82. The summed E-state index contributed by atoms with van der Waals surface area (Å²) in [5.74, 6) is -0.641. The molecule has 0 aliphatic carbocycles. The Bertz CT molecular complexity index is 632. The zero-order chi connectivity index (χ0) is 14.6. The minimum absolute atomic E-state index is 0.0675. The molecule has 0 saturated carbocycles. The number of ether oxygens (including phenoxy) is 1. The van der Waals surface area contributed by atoms with E-state index in [4.69, 9.17) is 5.26 Å². The summed E-state index contributed by atoms with van der Waals surface area (Å²) in [6, 6.07) is 6.20. The maximum Gasteiger partial charge on any atom is 0.321 e. The van der Waals surface area contributed by atoms with Gasteiger partial charge in [0.2, 0.25) is 10.0 Å². The van der Waals surface area contributed by atoms with Crippen LogP contribution < -0.4 is 0 Å². The number of carbonyl (C=O) groups excluding carboxylic acids is 1. The number of likely N-dealkylation sites (N-methyl/N-ethyl adjacent to an activating group) is 1. The van der Waals surface area contributed by atoms with Gasteiger partial charge in [-0.1, -0.05) is 0 Å². The molecule has 102 valence electrons. The minimum Gasteiger partial charge on any atom is -0.468 e. The van der Waals surface area contributed by atoms with E-state index in [2.05, 4.69) is 4.74 Å². The maximum absolute atomic E-state index is 12.2. The smallest absolute Gasteiger partial charge is 0.321 e. The first kappa shape index (κ1) is 15.1. The molecule has 7 heteroatoms. The molecule has 0 amide bonds. The number of benzene rings is 1. The van der Waals surface area contributed by atoms with E-state index in [-0.39, 0.29) is 11.4 Å². The number of aryl methyl sites for hydroxylation is 1. The lowest BCUT2D eigenvalue weighted by molar-refractivity contribution is -0.140. The molecule has 0 N–H and O–H groups in total. The summed E-state index contributed by atoms with van der Waals surface area (Å²) in [4.78, 5) is 11.2. The molecular weight excluding hydrogens is 268 g/mol. The SMILES string of the molecule is COC(=O)CN(C)S(=O)(=O)c1ccc(C#N)cc1C. The minimum atomic E-state index is -3.78. The molecule has 0 radical (unpaired) electrons. The van der Waals surface area contributed by atoms with E-state index < -0.39 is 16.0 Å². The molecule has 1 rings (SSSR count). The summed E-state index contributed by atoms with van der Waals surface area (Å²) in [6.45, 7) is 1.23. The van der Waals surface area contributed by atoms with Gasteiger partial charge in [-0.25, -0.2) is 8.42 Å². The zero-order valence-electron chi connectivity index (χ0n) is 10.9. The number of methoxy groups -OCH3 is 1. The quantitative estimate of drug-likeness (QED) is 0.757.